The molecular weight excluding hydrogens is 306 g/mol. The first-order valence-corrected chi connectivity index (χ1v) is 8.84. The molecule has 0 radical (unpaired) electrons. The molecule has 0 aliphatic carbocycles. The lowest BCUT2D eigenvalue weighted by atomic mass is 10.1. The minimum Gasteiger partial charge on any atom is -0.478 e. The van der Waals surface area contributed by atoms with Gasteiger partial charge < -0.3 is 10.4 Å². The number of nitrogens with one attached hydrogen (secondary N) is 1. The predicted octanol–water partition coefficient (Wildman–Crippen LogP) is 5.31. The minimum atomic E-state index is -0.880. The molecule has 0 aromatic heterocycles. The lowest BCUT2D eigenvalue weighted by Gasteiger charge is -2.16. The molecular formula is C19H23NO2S. The van der Waals surface area contributed by atoms with Crippen LogP contribution in [0.15, 0.2) is 52.3 Å². The van der Waals surface area contributed by atoms with E-state index in [1.807, 2.05) is 18.2 Å². The van der Waals surface area contributed by atoms with E-state index in [1.54, 1.807) is 23.9 Å². The summed E-state index contributed by atoms with van der Waals surface area (Å²) in [5, 5.41) is 12.8. The van der Waals surface area contributed by atoms with Gasteiger partial charge in [-0.05, 0) is 42.7 Å². The number of aryl methyl sites for hydroxylation is 1. The summed E-state index contributed by atoms with van der Waals surface area (Å²) < 4.78 is 0. The Morgan fingerprint density at radius 1 is 1.17 bits per heavy atom. The highest BCUT2D eigenvalue weighted by Crippen LogP contribution is 2.37. The normalized spacial score (nSPS) is 10.5. The van der Waals surface area contributed by atoms with Gasteiger partial charge in [-0.1, -0.05) is 50.2 Å². The molecule has 2 aromatic carbocycles. The molecule has 0 saturated heterocycles. The van der Waals surface area contributed by atoms with Crippen molar-refractivity contribution in [1.29, 1.82) is 0 Å². The SMILES string of the molecule is CCCCNc1cc(C(=O)O)cc(CC)c1Sc1ccccc1. The van der Waals surface area contributed by atoms with E-state index in [4.69, 9.17) is 0 Å². The third-order valence-corrected chi connectivity index (χ3v) is 4.80. The molecule has 0 fully saturated rings. The van der Waals surface area contributed by atoms with Crippen LogP contribution in [-0.2, 0) is 6.42 Å². The number of unbranched alkanes of at least 4 members (excludes halogenated alkanes) is 1. The lowest BCUT2D eigenvalue weighted by molar-refractivity contribution is 0.0696. The van der Waals surface area contributed by atoms with E-state index in [0.29, 0.717) is 5.56 Å². The van der Waals surface area contributed by atoms with Gasteiger partial charge in [-0.15, -0.1) is 0 Å². The zero-order valence-corrected chi connectivity index (χ0v) is 14.5. The van der Waals surface area contributed by atoms with Gasteiger partial charge in [-0.3, -0.25) is 0 Å². The third-order valence-electron chi connectivity index (χ3n) is 3.60. The Morgan fingerprint density at radius 2 is 1.91 bits per heavy atom. The Morgan fingerprint density at radius 3 is 2.52 bits per heavy atom. The van der Waals surface area contributed by atoms with Crippen LogP contribution in [0, 0.1) is 0 Å². The third kappa shape index (κ3) is 4.76. The molecule has 0 saturated carbocycles. The molecule has 0 heterocycles. The molecule has 0 aliphatic rings. The minimum absolute atomic E-state index is 0.346. The maximum atomic E-state index is 11.4. The maximum Gasteiger partial charge on any atom is 0.335 e. The zero-order chi connectivity index (χ0) is 16.7. The van der Waals surface area contributed by atoms with E-state index in [-0.39, 0.29) is 0 Å². The molecule has 0 spiro atoms. The average Bonchev–Trinajstić information content (AvgIpc) is 2.57. The fourth-order valence-corrected chi connectivity index (χ4v) is 3.44. The van der Waals surface area contributed by atoms with Crippen LogP contribution in [0.4, 0.5) is 5.69 Å². The van der Waals surface area contributed by atoms with E-state index < -0.39 is 5.97 Å². The number of aromatic carboxylic acids is 1. The van der Waals surface area contributed by atoms with Gasteiger partial charge >= 0.3 is 5.97 Å². The fourth-order valence-electron chi connectivity index (χ4n) is 2.33. The number of carbonyl (C=O) groups is 1. The summed E-state index contributed by atoms with van der Waals surface area (Å²) >= 11 is 1.69. The number of carboxylic acids is 1. The second kappa shape index (κ2) is 8.63. The van der Waals surface area contributed by atoms with Gasteiger partial charge in [0.2, 0.25) is 0 Å². The number of hydrogen-bond acceptors (Lipinski definition) is 3. The van der Waals surface area contributed by atoms with E-state index in [2.05, 4.69) is 31.3 Å². The summed E-state index contributed by atoms with van der Waals surface area (Å²) in [6, 6.07) is 13.7. The maximum absolute atomic E-state index is 11.4. The summed E-state index contributed by atoms with van der Waals surface area (Å²) in [5.74, 6) is -0.880. The first kappa shape index (κ1) is 17.4. The van der Waals surface area contributed by atoms with Gasteiger partial charge in [0.05, 0.1) is 5.56 Å². The highest BCUT2D eigenvalue weighted by molar-refractivity contribution is 7.99. The van der Waals surface area contributed by atoms with Crippen LogP contribution in [0.1, 0.15) is 42.6 Å². The highest BCUT2D eigenvalue weighted by atomic mass is 32.2. The van der Waals surface area contributed by atoms with Crippen molar-refractivity contribution < 1.29 is 9.90 Å². The Kier molecular flexibility index (Phi) is 6.53. The molecule has 3 nitrogen and oxygen atoms in total. The van der Waals surface area contributed by atoms with Gasteiger partial charge in [-0.2, -0.15) is 0 Å². The first-order valence-electron chi connectivity index (χ1n) is 8.02. The van der Waals surface area contributed by atoms with E-state index in [1.165, 1.54) is 0 Å². The van der Waals surface area contributed by atoms with Crippen molar-refractivity contribution >= 4 is 23.4 Å². The standard InChI is InChI=1S/C19H23NO2S/c1-3-5-11-20-17-13-15(19(21)22)12-14(4-2)18(17)23-16-9-7-6-8-10-16/h6-10,12-13,20H,3-5,11H2,1-2H3,(H,21,22). The molecule has 4 heteroatoms. The van der Waals surface area contributed by atoms with Crippen LogP contribution in [0.2, 0.25) is 0 Å². The lowest BCUT2D eigenvalue weighted by Crippen LogP contribution is -2.07. The molecule has 2 N–H and O–H groups in total. The number of benzene rings is 2. The number of hydrogen-bond donors (Lipinski definition) is 2. The van der Waals surface area contributed by atoms with Gasteiger partial charge in [0.1, 0.15) is 0 Å². The van der Waals surface area contributed by atoms with Crippen molar-refractivity contribution in [2.45, 2.75) is 42.9 Å². The number of rotatable bonds is 8. The average molecular weight is 329 g/mol. The Balaban J connectivity index is 2.40. The largest absolute Gasteiger partial charge is 0.478 e. The van der Waals surface area contributed by atoms with Crippen molar-refractivity contribution in [2.75, 3.05) is 11.9 Å². The van der Waals surface area contributed by atoms with Crippen LogP contribution in [0.25, 0.3) is 0 Å². The van der Waals surface area contributed by atoms with Gasteiger partial charge in [0.15, 0.2) is 0 Å². The topological polar surface area (TPSA) is 49.3 Å². The van der Waals surface area contributed by atoms with Crippen molar-refractivity contribution in [1.82, 2.24) is 0 Å². The second-order valence-electron chi connectivity index (χ2n) is 5.37. The molecule has 122 valence electrons. The van der Waals surface area contributed by atoms with E-state index in [9.17, 15) is 9.90 Å². The van der Waals surface area contributed by atoms with Crippen LogP contribution in [-0.4, -0.2) is 17.6 Å². The van der Waals surface area contributed by atoms with Crippen LogP contribution >= 0.6 is 11.8 Å². The Bertz CT molecular complexity index is 656. The smallest absolute Gasteiger partial charge is 0.335 e. The van der Waals surface area contributed by atoms with Crippen LogP contribution < -0.4 is 5.32 Å². The van der Waals surface area contributed by atoms with Crippen molar-refractivity contribution in [3.05, 3.63) is 53.6 Å². The molecule has 0 bridgehead atoms. The highest BCUT2D eigenvalue weighted by Gasteiger charge is 2.14. The quantitative estimate of drug-likeness (QED) is 0.644. The molecule has 0 atom stereocenters. The summed E-state index contributed by atoms with van der Waals surface area (Å²) in [6.07, 6.45) is 2.97. The van der Waals surface area contributed by atoms with Gasteiger partial charge in [-0.25, -0.2) is 4.79 Å². The van der Waals surface area contributed by atoms with Crippen molar-refractivity contribution in [3.63, 3.8) is 0 Å². The number of anilines is 1. The number of carboxylic acid groups (broad SMARTS) is 1. The van der Waals surface area contributed by atoms with Crippen LogP contribution in [0.3, 0.4) is 0 Å². The van der Waals surface area contributed by atoms with Gasteiger partial charge in [0.25, 0.3) is 0 Å². The molecule has 2 aromatic rings. The fraction of sp³-hybridized carbons (Fsp3) is 0.316. The monoisotopic (exact) mass is 329 g/mol. The Hall–Kier alpha value is -1.94. The molecule has 0 unspecified atom stereocenters. The summed E-state index contributed by atoms with van der Waals surface area (Å²) in [5.41, 5.74) is 2.33. The van der Waals surface area contributed by atoms with Crippen molar-refractivity contribution in [2.24, 2.45) is 0 Å². The molecule has 0 amide bonds. The summed E-state index contributed by atoms with van der Waals surface area (Å²) in [4.78, 5) is 13.7. The predicted molar refractivity (Wildman–Crippen MR) is 96.7 cm³/mol. The van der Waals surface area contributed by atoms with E-state index in [0.717, 1.165) is 46.8 Å². The summed E-state index contributed by atoms with van der Waals surface area (Å²) in [6.45, 7) is 5.06. The molecule has 0 aliphatic heterocycles. The molecule has 2 rings (SSSR count). The summed E-state index contributed by atoms with van der Waals surface area (Å²) in [7, 11) is 0. The molecule has 23 heavy (non-hydrogen) atoms. The second-order valence-corrected chi connectivity index (χ2v) is 6.45. The zero-order valence-electron chi connectivity index (χ0n) is 13.6. The van der Waals surface area contributed by atoms with Crippen molar-refractivity contribution in [3.8, 4) is 0 Å². The van der Waals surface area contributed by atoms with Gasteiger partial charge in [0, 0.05) is 22.0 Å². The Labute approximate surface area is 142 Å². The first-order chi connectivity index (χ1) is 11.2. The van der Waals surface area contributed by atoms with E-state index >= 15 is 0 Å². The van der Waals surface area contributed by atoms with Crippen LogP contribution in [0.5, 0.6) is 0 Å².